The van der Waals surface area contributed by atoms with E-state index in [0.717, 1.165) is 23.5 Å². The molecular weight excluding hydrogens is 164 g/mol. The summed E-state index contributed by atoms with van der Waals surface area (Å²) < 4.78 is 5.26. The van der Waals surface area contributed by atoms with Crippen LogP contribution in [-0.2, 0) is 0 Å². The molecule has 0 fully saturated rings. The number of aromatic nitrogens is 2. The van der Waals surface area contributed by atoms with E-state index in [1.54, 1.807) is 6.20 Å². The van der Waals surface area contributed by atoms with Crippen molar-refractivity contribution in [1.82, 2.24) is 9.97 Å². The molecule has 0 amide bonds. The largest absolute Gasteiger partial charge is 0.477 e. The third-order valence-corrected chi connectivity index (χ3v) is 1.94. The summed E-state index contributed by atoms with van der Waals surface area (Å²) in [5.41, 5.74) is 0. The van der Waals surface area contributed by atoms with Crippen LogP contribution < -0.4 is 15.4 Å². The highest BCUT2D eigenvalue weighted by atomic mass is 16.5. The van der Waals surface area contributed by atoms with Crippen LogP contribution in [0.25, 0.3) is 12.2 Å². The van der Waals surface area contributed by atoms with Crippen molar-refractivity contribution < 1.29 is 4.74 Å². The smallest absolute Gasteiger partial charge is 0.232 e. The van der Waals surface area contributed by atoms with E-state index in [1.165, 1.54) is 0 Å². The fourth-order valence-electron chi connectivity index (χ4n) is 1.36. The van der Waals surface area contributed by atoms with Crippen molar-refractivity contribution in [3.05, 3.63) is 16.9 Å². The fraction of sp³-hybridized carbons (Fsp3) is 0.400. The molecule has 1 aromatic rings. The van der Waals surface area contributed by atoms with Gasteiger partial charge in [-0.25, -0.2) is 9.97 Å². The molecule has 0 aliphatic heterocycles. The molecule has 2 rings (SSSR count). The van der Waals surface area contributed by atoms with Crippen LogP contribution in [-0.4, -0.2) is 16.6 Å². The lowest BCUT2D eigenvalue weighted by Gasteiger charge is -2.02. The van der Waals surface area contributed by atoms with E-state index < -0.39 is 0 Å². The summed E-state index contributed by atoms with van der Waals surface area (Å²) in [4.78, 5) is 8.59. The molecule has 1 aliphatic rings. The Morgan fingerprint density at radius 1 is 1.31 bits per heavy atom. The van der Waals surface area contributed by atoms with Crippen LogP contribution in [0.3, 0.4) is 0 Å². The van der Waals surface area contributed by atoms with Gasteiger partial charge < -0.3 is 4.74 Å². The summed E-state index contributed by atoms with van der Waals surface area (Å²) in [6.07, 6.45) is 8.01. The van der Waals surface area contributed by atoms with Gasteiger partial charge in [-0.2, -0.15) is 0 Å². The van der Waals surface area contributed by atoms with Crippen molar-refractivity contribution >= 4 is 12.2 Å². The molecule has 0 saturated carbocycles. The number of hydrogen-bond acceptors (Lipinski definition) is 3. The van der Waals surface area contributed by atoms with Crippen molar-refractivity contribution in [1.29, 1.82) is 0 Å². The number of rotatable bonds is 2. The van der Waals surface area contributed by atoms with Crippen LogP contribution in [0.15, 0.2) is 6.20 Å². The lowest BCUT2D eigenvalue weighted by molar-refractivity contribution is 0.324. The molecule has 0 saturated heterocycles. The monoisotopic (exact) mass is 176 g/mol. The van der Waals surface area contributed by atoms with E-state index in [2.05, 4.69) is 22.1 Å². The summed E-state index contributed by atoms with van der Waals surface area (Å²) in [5.74, 6) is 0.618. The zero-order valence-corrected chi connectivity index (χ0v) is 7.66. The van der Waals surface area contributed by atoms with Gasteiger partial charge in [0.05, 0.1) is 23.5 Å². The van der Waals surface area contributed by atoms with Crippen LogP contribution in [0.2, 0.25) is 0 Å². The van der Waals surface area contributed by atoms with Gasteiger partial charge >= 0.3 is 0 Å². The molecular formula is C10H12N2O. The van der Waals surface area contributed by atoms with Gasteiger partial charge in [0.2, 0.25) is 5.88 Å². The van der Waals surface area contributed by atoms with Gasteiger partial charge in [-0.1, -0.05) is 12.2 Å². The SMILES string of the molecule is CCOc1cnc2c(n1)=CCCC=2. The first kappa shape index (κ1) is 8.23. The minimum absolute atomic E-state index is 0.618. The normalized spacial score (nSPS) is 13.9. The van der Waals surface area contributed by atoms with Gasteiger partial charge in [0.1, 0.15) is 0 Å². The molecule has 0 N–H and O–H groups in total. The van der Waals surface area contributed by atoms with Crippen LogP contribution in [0.4, 0.5) is 0 Å². The zero-order valence-electron chi connectivity index (χ0n) is 7.66. The van der Waals surface area contributed by atoms with Crippen LogP contribution in [0.1, 0.15) is 19.8 Å². The average molecular weight is 176 g/mol. The Balaban J connectivity index is 2.48. The fourth-order valence-corrected chi connectivity index (χ4v) is 1.36. The lowest BCUT2D eigenvalue weighted by Crippen LogP contribution is -2.33. The number of fused-ring (bicyclic) bond motifs is 1. The Morgan fingerprint density at radius 3 is 2.85 bits per heavy atom. The first-order valence-corrected chi connectivity index (χ1v) is 4.56. The first-order chi connectivity index (χ1) is 6.40. The van der Waals surface area contributed by atoms with E-state index in [0.29, 0.717) is 12.5 Å². The predicted molar refractivity (Wildman–Crippen MR) is 50.6 cm³/mol. The molecule has 0 aromatic carbocycles. The van der Waals surface area contributed by atoms with Crippen molar-refractivity contribution in [3.63, 3.8) is 0 Å². The maximum atomic E-state index is 5.26. The van der Waals surface area contributed by atoms with Gasteiger partial charge in [-0.3, -0.25) is 0 Å². The topological polar surface area (TPSA) is 35.0 Å². The Bertz CT molecular complexity index is 411. The van der Waals surface area contributed by atoms with Gasteiger partial charge in [0, 0.05) is 0 Å². The Morgan fingerprint density at radius 2 is 2.08 bits per heavy atom. The third-order valence-electron chi connectivity index (χ3n) is 1.94. The molecule has 0 unspecified atom stereocenters. The van der Waals surface area contributed by atoms with E-state index in [-0.39, 0.29) is 0 Å². The average Bonchev–Trinajstić information content (AvgIpc) is 2.18. The molecule has 13 heavy (non-hydrogen) atoms. The van der Waals surface area contributed by atoms with Crippen molar-refractivity contribution in [2.45, 2.75) is 19.8 Å². The molecule has 0 atom stereocenters. The highest BCUT2D eigenvalue weighted by Gasteiger charge is 1.98. The highest BCUT2D eigenvalue weighted by molar-refractivity contribution is 5.33. The quantitative estimate of drug-likeness (QED) is 0.647. The molecule has 1 aliphatic carbocycles. The summed E-state index contributed by atoms with van der Waals surface area (Å²) >= 11 is 0. The van der Waals surface area contributed by atoms with Gasteiger partial charge in [0.25, 0.3) is 0 Å². The van der Waals surface area contributed by atoms with E-state index in [9.17, 15) is 0 Å². The molecule has 3 nitrogen and oxygen atoms in total. The van der Waals surface area contributed by atoms with E-state index >= 15 is 0 Å². The maximum Gasteiger partial charge on any atom is 0.232 e. The zero-order chi connectivity index (χ0) is 9.10. The number of ether oxygens (including phenoxy) is 1. The molecule has 3 heteroatoms. The second-order valence-electron chi connectivity index (χ2n) is 2.90. The Hall–Kier alpha value is -1.38. The van der Waals surface area contributed by atoms with Gasteiger partial charge in [-0.15, -0.1) is 0 Å². The first-order valence-electron chi connectivity index (χ1n) is 4.56. The molecule has 68 valence electrons. The second kappa shape index (κ2) is 3.56. The van der Waals surface area contributed by atoms with Crippen LogP contribution in [0, 0.1) is 0 Å². The number of nitrogens with zero attached hydrogens (tertiary/aromatic N) is 2. The minimum atomic E-state index is 0.618. The van der Waals surface area contributed by atoms with E-state index in [1.807, 2.05) is 6.92 Å². The molecule has 1 heterocycles. The molecule has 0 spiro atoms. The third kappa shape index (κ3) is 1.69. The molecule has 1 aromatic heterocycles. The predicted octanol–water partition coefficient (Wildman–Crippen LogP) is 0.230. The number of hydrogen-bond donors (Lipinski definition) is 0. The summed E-state index contributed by atoms with van der Waals surface area (Å²) in [6, 6.07) is 0. The van der Waals surface area contributed by atoms with Gasteiger partial charge in [0.15, 0.2) is 0 Å². The Kier molecular flexibility index (Phi) is 2.25. The molecule has 0 bridgehead atoms. The summed E-state index contributed by atoms with van der Waals surface area (Å²) in [6.45, 7) is 2.58. The van der Waals surface area contributed by atoms with Crippen molar-refractivity contribution in [2.24, 2.45) is 0 Å². The standard InChI is InChI=1S/C10H12N2O/c1-2-13-10-7-11-8-5-3-4-6-9(8)12-10/h5-7H,2-4H2,1H3. The Labute approximate surface area is 76.8 Å². The minimum Gasteiger partial charge on any atom is -0.477 e. The van der Waals surface area contributed by atoms with Crippen LogP contribution in [0.5, 0.6) is 5.88 Å². The van der Waals surface area contributed by atoms with Crippen molar-refractivity contribution in [2.75, 3.05) is 6.61 Å². The summed E-state index contributed by atoms with van der Waals surface area (Å²) in [7, 11) is 0. The maximum absolute atomic E-state index is 5.26. The second-order valence-corrected chi connectivity index (χ2v) is 2.90. The highest BCUT2D eigenvalue weighted by Crippen LogP contribution is 1.98. The molecule has 0 radical (unpaired) electrons. The van der Waals surface area contributed by atoms with E-state index in [4.69, 9.17) is 4.74 Å². The lowest BCUT2D eigenvalue weighted by atomic mass is 10.2. The summed E-state index contributed by atoms with van der Waals surface area (Å²) in [5, 5.41) is 1.94. The van der Waals surface area contributed by atoms with Crippen LogP contribution >= 0.6 is 0 Å². The van der Waals surface area contributed by atoms with Crippen molar-refractivity contribution in [3.8, 4) is 5.88 Å². The van der Waals surface area contributed by atoms with Gasteiger partial charge in [-0.05, 0) is 19.8 Å².